The van der Waals surface area contributed by atoms with Gasteiger partial charge in [-0.2, -0.15) is 0 Å². The molecule has 2 fully saturated rings. The Bertz CT molecular complexity index is 743. The topological polar surface area (TPSA) is 76.6 Å². The van der Waals surface area contributed by atoms with Crippen molar-refractivity contribution in [1.29, 1.82) is 0 Å². The monoisotopic (exact) mass is 354 g/mol. The van der Waals surface area contributed by atoms with Crippen LogP contribution in [0.15, 0.2) is 49.1 Å². The molecule has 0 radical (unpaired) electrons. The van der Waals surface area contributed by atoms with Gasteiger partial charge in [0.1, 0.15) is 11.9 Å². The van der Waals surface area contributed by atoms with Crippen molar-refractivity contribution >= 4 is 6.03 Å². The number of likely N-dealkylation sites (tertiary alicyclic amines) is 1. The van der Waals surface area contributed by atoms with E-state index < -0.39 is 0 Å². The van der Waals surface area contributed by atoms with Crippen molar-refractivity contribution in [3.63, 3.8) is 0 Å². The lowest BCUT2D eigenvalue weighted by molar-refractivity contribution is 0.0122. The minimum atomic E-state index is -0.293. The molecule has 2 aliphatic heterocycles. The largest absolute Gasteiger partial charge is 0.486 e. The molecule has 2 aromatic heterocycles. The van der Waals surface area contributed by atoms with Gasteiger partial charge in [0.25, 0.3) is 0 Å². The van der Waals surface area contributed by atoms with Crippen molar-refractivity contribution < 1.29 is 14.3 Å². The Morgan fingerprint density at radius 1 is 1.31 bits per heavy atom. The molecule has 7 nitrogen and oxygen atoms in total. The lowest BCUT2D eigenvalue weighted by Crippen LogP contribution is -2.41. The molecule has 2 atom stereocenters. The fraction of sp³-hybridized carbons (Fsp3) is 0.421. The van der Waals surface area contributed by atoms with Crippen molar-refractivity contribution in [2.24, 2.45) is 0 Å². The Balaban J connectivity index is 1.28. The molecule has 26 heavy (non-hydrogen) atoms. The zero-order valence-corrected chi connectivity index (χ0v) is 14.5. The molecule has 0 aromatic carbocycles. The van der Waals surface area contributed by atoms with Crippen LogP contribution in [-0.4, -0.2) is 52.3 Å². The average Bonchev–Trinajstić information content (AvgIpc) is 3.28. The van der Waals surface area contributed by atoms with Crippen LogP contribution in [0.1, 0.15) is 18.4 Å². The van der Waals surface area contributed by atoms with Gasteiger partial charge in [0.15, 0.2) is 0 Å². The standard InChI is InChI=1S/C19H22N4O3/c24-18(22-11-15-3-1-6-20-10-15)23-8-5-19(14-23)9-17(13-25-19)26-16-4-2-7-21-12-16/h1-4,6-7,10,12,17H,5,8-9,11,13-14H2,(H,22,24)/t17-,19-/m0/s1. The minimum absolute atomic E-state index is 0.00222. The van der Waals surface area contributed by atoms with Crippen LogP contribution in [0.25, 0.3) is 0 Å². The molecule has 7 heteroatoms. The third-order valence-electron chi connectivity index (χ3n) is 4.88. The summed E-state index contributed by atoms with van der Waals surface area (Å²) in [7, 11) is 0. The highest BCUT2D eigenvalue weighted by Crippen LogP contribution is 2.36. The number of amides is 2. The molecule has 2 aromatic rings. The van der Waals surface area contributed by atoms with Crippen molar-refractivity contribution in [3.8, 4) is 5.75 Å². The zero-order valence-electron chi connectivity index (χ0n) is 14.5. The molecular weight excluding hydrogens is 332 g/mol. The first-order valence-electron chi connectivity index (χ1n) is 8.85. The molecule has 0 saturated carbocycles. The zero-order chi connectivity index (χ0) is 17.8. The molecular formula is C19H22N4O3. The van der Waals surface area contributed by atoms with E-state index in [0.29, 0.717) is 26.2 Å². The second-order valence-electron chi connectivity index (χ2n) is 6.82. The Kier molecular flexibility index (Phi) is 4.71. The van der Waals surface area contributed by atoms with E-state index in [1.165, 1.54) is 0 Å². The van der Waals surface area contributed by atoms with E-state index in [1.54, 1.807) is 24.8 Å². The van der Waals surface area contributed by atoms with Gasteiger partial charge in [-0.05, 0) is 30.2 Å². The van der Waals surface area contributed by atoms with Gasteiger partial charge in [0, 0.05) is 38.1 Å². The number of ether oxygens (including phenoxy) is 2. The van der Waals surface area contributed by atoms with Crippen LogP contribution in [-0.2, 0) is 11.3 Å². The van der Waals surface area contributed by atoms with Gasteiger partial charge in [-0.1, -0.05) is 6.07 Å². The van der Waals surface area contributed by atoms with Gasteiger partial charge in [-0.3, -0.25) is 9.97 Å². The smallest absolute Gasteiger partial charge is 0.317 e. The lowest BCUT2D eigenvalue weighted by atomic mass is 9.98. The number of carbonyl (C=O) groups excluding carboxylic acids is 1. The van der Waals surface area contributed by atoms with Crippen molar-refractivity contribution in [2.45, 2.75) is 31.1 Å². The maximum absolute atomic E-state index is 12.4. The summed E-state index contributed by atoms with van der Waals surface area (Å²) < 4.78 is 12.0. The summed E-state index contributed by atoms with van der Waals surface area (Å²) in [6.07, 6.45) is 8.52. The van der Waals surface area contributed by atoms with E-state index in [4.69, 9.17) is 9.47 Å². The third-order valence-corrected chi connectivity index (χ3v) is 4.88. The molecule has 2 amide bonds. The fourth-order valence-corrected chi connectivity index (χ4v) is 3.58. The van der Waals surface area contributed by atoms with E-state index in [0.717, 1.165) is 24.2 Å². The number of urea groups is 1. The Morgan fingerprint density at radius 2 is 2.15 bits per heavy atom. The van der Waals surface area contributed by atoms with Gasteiger partial charge >= 0.3 is 6.03 Å². The van der Waals surface area contributed by atoms with Gasteiger partial charge in [-0.25, -0.2) is 4.79 Å². The summed E-state index contributed by atoms with van der Waals surface area (Å²) in [4.78, 5) is 22.4. The number of aromatic nitrogens is 2. The molecule has 1 spiro atoms. The van der Waals surface area contributed by atoms with Crippen molar-refractivity contribution in [1.82, 2.24) is 20.2 Å². The Morgan fingerprint density at radius 3 is 2.92 bits per heavy atom. The summed E-state index contributed by atoms with van der Waals surface area (Å²) >= 11 is 0. The highest BCUT2D eigenvalue weighted by Gasteiger charge is 2.47. The molecule has 2 aliphatic rings. The highest BCUT2D eigenvalue weighted by atomic mass is 16.6. The molecule has 136 valence electrons. The molecule has 1 N–H and O–H groups in total. The number of hydrogen-bond donors (Lipinski definition) is 1. The summed E-state index contributed by atoms with van der Waals surface area (Å²) in [6.45, 7) is 2.31. The number of nitrogens with one attached hydrogen (secondary N) is 1. The first kappa shape index (κ1) is 16.8. The van der Waals surface area contributed by atoms with E-state index in [9.17, 15) is 4.79 Å². The number of nitrogens with zero attached hydrogens (tertiary/aromatic N) is 3. The minimum Gasteiger partial charge on any atom is -0.486 e. The molecule has 4 heterocycles. The molecule has 0 bridgehead atoms. The van der Waals surface area contributed by atoms with Crippen molar-refractivity contribution in [2.75, 3.05) is 19.7 Å². The fourth-order valence-electron chi connectivity index (χ4n) is 3.58. The average molecular weight is 354 g/mol. The maximum atomic E-state index is 12.4. The number of hydrogen-bond acceptors (Lipinski definition) is 5. The normalized spacial score (nSPS) is 24.8. The Labute approximate surface area is 152 Å². The van der Waals surface area contributed by atoms with Gasteiger partial charge in [0.05, 0.1) is 24.9 Å². The first-order valence-corrected chi connectivity index (χ1v) is 8.85. The summed E-state index contributed by atoms with van der Waals surface area (Å²) in [5, 5.41) is 2.95. The van der Waals surface area contributed by atoms with Crippen LogP contribution in [0.5, 0.6) is 5.75 Å². The first-order chi connectivity index (χ1) is 12.7. The van der Waals surface area contributed by atoms with E-state index in [-0.39, 0.29) is 17.7 Å². The van der Waals surface area contributed by atoms with E-state index >= 15 is 0 Å². The molecule has 0 unspecified atom stereocenters. The number of carbonyl (C=O) groups is 1. The quantitative estimate of drug-likeness (QED) is 0.909. The molecule has 4 rings (SSSR count). The number of rotatable bonds is 4. The third kappa shape index (κ3) is 3.77. The van der Waals surface area contributed by atoms with Crippen LogP contribution in [0.4, 0.5) is 4.79 Å². The van der Waals surface area contributed by atoms with Gasteiger partial charge < -0.3 is 19.7 Å². The summed E-state index contributed by atoms with van der Waals surface area (Å²) in [6, 6.07) is 7.49. The van der Waals surface area contributed by atoms with Crippen LogP contribution < -0.4 is 10.1 Å². The van der Waals surface area contributed by atoms with E-state index in [1.807, 2.05) is 29.2 Å². The summed E-state index contributed by atoms with van der Waals surface area (Å²) in [5.41, 5.74) is 0.690. The predicted octanol–water partition coefficient (Wildman–Crippen LogP) is 2.00. The molecule has 2 saturated heterocycles. The second kappa shape index (κ2) is 7.29. The summed E-state index contributed by atoms with van der Waals surface area (Å²) in [5.74, 6) is 0.752. The SMILES string of the molecule is O=C(NCc1cccnc1)N1CC[C@]2(C[C@H](Oc3cccnc3)CO2)C1. The Hall–Kier alpha value is -2.67. The van der Waals surface area contributed by atoms with Crippen LogP contribution in [0.2, 0.25) is 0 Å². The van der Waals surface area contributed by atoms with Gasteiger partial charge in [-0.15, -0.1) is 0 Å². The number of pyridine rings is 2. The molecule has 0 aliphatic carbocycles. The van der Waals surface area contributed by atoms with E-state index in [2.05, 4.69) is 15.3 Å². The lowest BCUT2D eigenvalue weighted by Gasteiger charge is -2.23. The highest BCUT2D eigenvalue weighted by molar-refractivity contribution is 5.74. The predicted molar refractivity (Wildman–Crippen MR) is 94.6 cm³/mol. The van der Waals surface area contributed by atoms with Gasteiger partial charge in [0.2, 0.25) is 0 Å². The van der Waals surface area contributed by atoms with Crippen LogP contribution in [0, 0.1) is 0 Å². The maximum Gasteiger partial charge on any atom is 0.317 e. The van der Waals surface area contributed by atoms with Crippen LogP contribution in [0.3, 0.4) is 0 Å². The second-order valence-corrected chi connectivity index (χ2v) is 6.82. The van der Waals surface area contributed by atoms with Crippen LogP contribution >= 0.6 is 0 Å². The van der Waals surface area contributed by atoms with Crippen molar-refractivity contribution in [3.05, 3.63) is 54.6 Å².